The van der Waals surface area contributed by atoms with Gasteiger partial charge in [-0.1, -0.05) is 48.5 Å². The molecule has 4 heteroatoms. The van der Waals surface area contributed by atoms with E-state index in [0.717, 1.165) is 16.2 Å². The Bertz CT molecular complexity index is 2110. The maximum Gasteiger partial charge on any atom is 0.336 e. The quantitative estimate of drug-likeness (QED) is 0.191. The minimum atomic E-state index is -1.08. The second kappa shape index (κ2) is 8.22. The Balaban J connectivity index is 1.43. The molecule has 0 heterocycles. The summed E-state index contributed by atoms with van der Waals surface area (Å²) in [5.74, 6) is -1.05. The number of phenolic OH excluding ortho intramolecular Hbond substituents is 1. The summed E-state index contributed by atoms with van der Waals surface area (Å²) in [4.78, 5) is 12.0. The van der Waals surface area contributed by atoms with Crippen LogP contribution in [0.25, 0.3) is 65.0 Å². The largest absolute Gasteiger partial charge is 0.504 e. The van der Waals surface area contributed by atoms with Gasteiger partial charge in [0.05, 0.1) is 12.7 Å². The molecule has 182 valence electrons. The van der Waals surface area contributed by atoms with Gasteiger partial charge in [0.15, 0.2) is 11.5 Å². The number of rotatable bonds is 3. The molecule has 0 radical (unpaired) electrons. The molecule has 0 amide bonds. The van der Waals surface area contributed by atoms with Crippen LogP contribution in [0.15, 0.2) is 103 Å². The van der Waals surface area contributed by atoms with Crippen molar-refractivity contribution in [1.82, 2.24) is 0 Å². The fourth-order valence-electron chi connectivity index (χ4n) is 5.56. The van der Waals surface area contributed by atoms with Gasteiger partial charge in [0.2, 0.25) is 0 Å². The molecular weight excluding hydrogens is 472 g/mol. The highest BCUT2D eigenvalue weighted by Crippen LogP contribution is 2.38. The third-order valence-electron chi connectivity index (χ3n) is 7.47. The molecule has 0 aliphatic carbocycles. The van der Waals surface area contributed by atoms with Crippen molar-refractivity contribution in [1.29, 1.82) is 0 Å². The molecule has 0 spiro atoms. The van der Waals surface area contributed by atoms with Crippen LogP contribution in [-0.4, -0.2) is 23.3 Å². The molecule has 4 nitrogen and oxygen atoms in total. The van der Waals surface area contributed by atoms with E-state index in [-0.39, 0.29) is 17.1 Å². The predicted octanol–water partition coefficient (Wildman–Crippen LogP) is 8.53. The lowest BCUT2D eigenvalue weighted by Gasteiger charge is -2.13. The molecule has 7 aromatic rings. The standard InChI is InChI=1S/C34H22O4/c1-38-33-18-31(34(36)37)30(17-32(33)35)24-7-6-21-15-28-22(12-25(21)13-24)8-9-23-14-26-10-19-4-2-3-5-20(19)11-27(26)16-29(23)28/h2-18,35H,1H3,(H,36,37). The third kappa shape index (κ3) is 3.42. The molecule has 38 heavy (non-hydrogen) atoms. The SMILES string of the molecule is COc1cc(C(=O)O)c(-c2ccc3cc4c(ccc5cc6cc7ccccc7cc6cc54)cc3c2)cc1O. The minimum Gasteiger partial charge on any atom is -0.504 e. The second-order valence-electron chi connectivity index (χ2n) is 9.70. The summed E-state index contributed by atoms with van der Waals surface area (Å²) in [6.07, 6.45) is 0. The number of aromatic carboxylic acids is 1. The van der Waals surface area contributed by atoms with Crippen LogP contribution in [-0.2, 0) is 0 Å². The summed E-state index contributed by atoms with van der Waals surface area (Å²) in [6.45, 7) is 0. The topological polar surface area (TPSA) is 66.8 Å². The molecule has 0 atom stereocenters. The Hall–Kier alpha value is -5.09. The van der Waals surface area contributed by atoms with Gasteiger partial charge in [-0.05, 0) is 114 Å². The van der Waals surface area contributed by atoms with E-state index < -0.39 is 5.97 Å². The van der Waals surface area contributed by atoms with E-state index in [1.165, 1.54) is 56.9 Å². The van der Waals surface area contributed by atoms with E-state index in [9.17, 15) is 15.0 Å². The van der Waals surface area contributed by atoms with Crippen LogP contribution < -0.4 is 4.74 Å². The highest BCUT2D eigenvalue weighted by atomic mass is 16.5. The molecule has 7 aromatic carbocycles. The Morgan fingerprint density at radius 2 is 1.13 bits per heavy atom. The number of ether oxygens (including phenoxy) is 1. The van der Waals surface area contributed by atoms with Crippen LogP contribution in [0.4, 0.5) is 0 Å². The third-order valence-corrected chi connectivity index (χ3v) is 7.47. The Morgan fingerprint density at radius 1 is 0.605 bits per heavy atom. The Labute approximate surface area is 217 Å². The number of carboxylic acid groups (broad SMARTS) is 1. The fourth-order valence-corrected chi connectivity index (χ4v) is 5.56. The van der Waals surface area contributed by atoms with Gasteiger partial charge >= 0.3 is 5.97 Å². The molecule has 0 fully saturated rings. The van der Waals surface area contributed by atoms with E-state index in [2.05, 4.69) is 72.8 Å². The number of benzene rings is 7. The summed E-state index contributed by atoms with van der Waals surface area (Å²) in [5, 5.41) is 31.7. The zero-order valence-electron chi connectivity index (χ0n) is 20.5. The number of phenols is 1. The summed E-state index contributed by atoms with van der Waals surface area (Å²) in [7, 11) is 1.40. The van der Waals surface area contributed by atoms with E-state index in [1.54, 1.807) is 0 Å². The van der Waals surface area contributed by atoms with Crippen molar-refractivity contribution in [2.75, 3.05) is 7.11 Å². The van der Waals surface area contributed by atoms with Crippen LogP contribution >= 0.6 is 0 Å². The molecule has 2 N–H and O–H groups in total. The van der Waals surface area contributed by atoms with E-state index in [4.69, 9.17) is 4.74 Å². The van der Waals surface area contributed by atoms with Gasteiger partial charge in [0.25, 0.3) is 0 Å². The first-order valence-electron chi connectivity index (χ1n) is 12.4. The molecule has 0 saturated heterocycles. The lowest BCUT2D eigenvalue weighted by atomic mass is 9.93. The van der Waals surface area contributed by atoms with Crippen molar-refractivity contribution in [3.63, 3.8) is 0 Å². The smallest absolute Gasteiger partial charge is 0.336 e. The number of carboxylic acids is 1. The van der Waals surface area contributed by atoms with Gasteiger partial charge in [-0.15, -0.1) is 0 Å². The van der Waals surface area contributed by atoms with Gasteiger partial charge < -0.3 is 14.9 Å². The summed E-state index contributed by atoms with van der Waals surface area (Å²) in [6, 6.07) is 34.8. The van der Waals surface area contributed by atoms with Crippen LogP contribution in [0.1, 0.15) is 10.4 Å². The highest BCUT2D eigenvalue weighted by Gasteiger charge is 2.17. The maximum atomic E-state index is 12.0. The van der Waals surface area contributed by atoms with Crippen molar-refractivity contribution in [2.24, 2.45) is 0 Å². The van der Waals surface area contributed by atoms with Crippen molar-refractivity contribution >= 4 is 59.8 Å². The second-order valence-corrected chi connectivity index (χ2v) is 9.70. The number of hydrogen-bond donors (Lipinski definition) is 2. The van der Waals surface area contributed by atoms with Crippen molar-refractivity contribution in [3.05, 3.63) is 109 Å². The maximum absolute atomic E-state index is 12.0. The average Bonchev–Trinajstić information content (AvgIpc) is 2.93. The monoisotopic (exact) mass is 494 g/mol. The number of aromatic hydroxyl groups is 1. The minimum absolute atomic E-state index is 0.0742. The fraction of sp³-hybridized carbons (Fsp3) is 0.0294. The molecular formula is C34H22O4. The summed E-state index contributed by atoms with van der Waals surface area (Å²) < 4.78 is 5.11. The number of methoxy groups -OCH3 is 1. The van der Waals surface area contributed by atoms with Gasteiger partial charge in [-0.2, -0.15) is 0 Å². The zero-order chi connectivity index (χ0) is 26.0. The molecule has 0 aliphatic rings. The van der Waals surface area contributed by atoms with Crippen LogP contribution in [0.5, 0.6) is 11.5 Å². The van der Waals surface area contributed by atoms with Crippen molar-refractivity contribution in [2.45, 2.75) is 0 Å². The molecule has 7 rings (SSSR count). The van der Waals surface area contributed by atoms with Crippen molar-refractivity contribution < 1.29 is 19.7 Å². The number of fused-ring (bicyclic) bond motifs is 6. The Kier molecular flexibility index (Phi) is 4.79. The van der Waals surface area contributed by atoms with Gasteiger partial charge in [-0.25, -0.2) is 4.79 Å². The normalized spacial score (nSPS) is 11.6. The van der Waals surface area contributed by atoms with E-state index in [0.29, 0.717) is 11.1 Å². The first-order chi connectivity index (χ1) is 18.5. The molecule has 0 bridgehead atoms. The highest BCUT2D eigenvalue weighted by molar-refractivity contribution is 6.16. The average molecular weight is 495 g/mol. The predicted molar refractivity (Wildman–Crippen MR) is 155 cm³/mol. The molecule has 0 aliphatic heterocycles. The lowest BCUT2D eigenvalue weighted by Crippen LogP contribution is -2.01. The van der Waals surface area contributed by atoms with E-state index >= 15 is 0 Å². The van der Waals surface area contributed by atoms with Crippen molar-refractivity contribution in [3.8, 4) is 22.6 Å². The molecule has 0 aromatic heterocycles. The van der Waals surface area contributed by atoms with Gasteiger partial charge in [0.1, 0.15) is 0 Å². The molecule has 0 unspecified atom stereocenters. The number of carbonyl (C=O) groups is 1. The number of hydrogen-bond acceptors (Lipinski definition) is 3. The molecule has 0 saturated carbocycles. The Morgan fingerprint density at radius 3 is 1.76 bits per heavy atom. The summed E-state index contributed by atoms with van der Waals surface area (Å²) in [5.41, 5.74) is 1.23. The zero-order valence-corrected chi connectivity index (χ0v) is 20.5. The van der Waals surface area contributed by atoms with E-state index in [1.807, 2.05) is 18.2 Å². The first-order valence-corrected chi connectivity index (χ1v) is 12.4. The first kappa shape index (κ1) is 22.1. The van der Waals surface area contributed by atoms with Crippen LogP contribution in [0, 0.1) is 0 Å². The van der Waals surface area contributed by atoms with Gasteiger partial charge in [-0.3, -0.25) is 0 Å². The summed E-state index contributed by atoms with van der Waals surface area (Å²) >= 11 is 0. The lowest BCUT2D eigenvalue weighted by molar-refractivity contribution is 0.0697. The van der Waals surface area contributed by atoms with Crippen LogP contribution in [0.3, 0.4) is 0 Å². The van der Waals surface area contributed by atoms with Crippen LogP contribution in [0.2, 0.25) is 0 Å². The van der Waals surface area contributed by atoms with Gasteiger partial charge in [0, 0.05) is 5.56 Å².